The molecule has 0 heterocycles. The summed E-state index contributed by atoms with van der Waals surface area (Å²) in [5, 5.41) is 10.6. The first-order chi connectivity index (χ1) is 43.9. The molecule has 3 N–H and O–H groups in total. The average Bonchev–Trinajstić information content (AvgIpc) is 3.70. The number of phosphoric acid groups is 2. The lowest BCUT2D eigenvalue weighted by atomic mass is 10.0. The van der Waals surface area contributed by atoms with Crippen molar-refractivity contribution in [2.75, 3.05) is 39.6 Å². The van der Waals surface area contributed by atoms with E-state index in [0.717, 1.165) is 108 Å². The van der Waals surface area contributed by atoms with Gasteiger partial charge < -0.3 is 33.8 Å². The van der Waals surface area contributed by atoms with E-state index in [1.54, 1.807) is 0 Å². The summed E-state index contributed by atoms with van der Waals surface area (Å²) in [7, 11) is -9.90. The molecule has 19 heteroatoms. The van der Waals surface area contributed by atoms with Gasteiger partial charge in [-0.1, -0.05) is 318 Å². The molecule has 2 unspecified atom stereocenters. The van der Waals surface area contributed by atoms with E-state index in [1.165, 1.54) is 180 Å². The highest BCUT2D eigenvalue weighted by Crippen LogP contribution is 2.45. The first-order valence-corrected chi connectivity index (χ1v) is 40.5. The number of aliphatic hydroxyl groups is 1. The van der Waals surface area contributed by atoms with E-state index >= 15 is 0 Å². The number of aliphatic hydroxyl groups excluding tert-OH is 1. The van der Waals surface area contributed by atoms with E-state index in [-0.39, 0.29) is 25.7 Å². The Morgan fingerprint density at radius 1 is 0.297 bits per heavy atom. The standard InChI is InChI=1S/C72H140O17P2/c1-7-9-11-13-15-17-24-32-38-44-50-56-71(76)88-67(60-82-69(74)54-48-42-36-16-14-12-10-8-2)62-86-90(78,79)84-58-66(73)59-85-91(80,81)87-63-68(89-72(77)57-51-45-39-33-28-23-19-21-26-30-35-41-47-53-65(5)6)61-83-70(75)55-49-43-37-31-27-22-18-20-25-29-34-40-46-52-64(3)4/h64-68,73H,7-63H2,1-6H3,(H,78,79)(H,80,81)/t66-,67+,68+/m0/s1. The fourth-order valence-corrected chi connectivity index (χ4v) is 12.5. The molecule has 0 rings (SSSR count). The lowest BCUT2D eigenvalue weighted by Gasteiger charge is -2.21. The van der Waals surface area contributed by atoms with Crippen molar-refractivity contribution in [1.29, 1.82) is 0 Å². The molecule has 0 radical (unpaired) electrons. The Bertz CT molecular complexity index is 1770. The SMILES string of the molecule is CCCCCCCCCCCCCC(=O)O[C@H](COC(=O)CCCCCCCCCC)COP(=O)(O)OC[C@H](O)COP(=O)(O)OC[C@@H](COC(=O)CCCCCCCCCCCCCCCC(C)C)OC(=O)CCCCCCCCCCCCCCCC(C)C. The Labute approximate surface area is 556 Å². The molecule has 0 aromatic carbocycles. The van der Waals surface area contributed by atoms with E-state index in [9.17, 15) is 43.2 Å². The van der Waals surface area contributed by atoms with Crippen LogP contribution in [0.5, 0.6) is 0 Å². The molecular weight excluding hydrogens is 1200 g/mol. The Hall–Kier alpha value is -1.94. The molecule has 0 aromatic rings. The van der Waals surface area contributed by atoms with Gasteiger partial charge in [0.2, 0.25) is 0 Å². The minimum atomic E-state index is -4.95. The van der Waals surface area contributed by atoms with Crippen LogP contribution < -0.4 is 0 Å². The van der Waals surface area contributed by atoms with Crippen LogP contribution >= 0.6 is 15.6 Å². The number of unbranched alkanes of at least 4 members (excludes halogenated alkanes) is 41. The van der Waals surface area contributed by atoms with Gasteiger partial charge >= 0.3 is 39.5 Å². The van der Waals surface area contributed by atoms with Crippen LogP contribution in [0, 0.1) is 11.8 Å². The van der Waals surface area contributed by atoms with Crippen molar-refractivity contribution in [3.05, 3.63) is 0 Å². The maximum Gasteiger partial charge on any atom is 0.472 e. The van der Waals surface area contributed by atoms with E-state index in [1.807, 2.05) is 0 Å². The summed E-state index contributed by atoms with van der Waals surface area (Å²) in [5.74, 6) is -0.545. The molecule has 17 nitrogen and oxygen atoms in total. The van der Waals surface area contributed by atoms with Crippen molar-refractivity contribution < 1.29 is 80.2 Å². The number of rotatable bonds is 71. The second kappa shape index (κ2) is 64.1. The molecule has 540 valence electrons. The molecule has 0 aromatic heterocycles. The molecule has 0 bridgehead atoms. The Kier molecular flexibility index (Phi) is 62.7. The molecule has 0 fully saturated rings. The second-order valence-electron chi connectivity index (χ2n) is 26.9. The zero-order valence-electron chi connectivity index (χ0n) is 59.1. The number of phosphoric ester groups is 2. The van der Waals surface area contributed by atoms with Crippen molar-refractivity contribution in [3.63, 3.8) is 0 Å². The Morgan fingerprint density at radius 3 is 0.747 bits per heavy atom. The van der Waals surface area contributed by atoms with Crippen molar-refractivity contribution in [1.82, 2.24) is 0 Å². The van der Waals surface area contributed by atoms with Gasteiger partial charge in [-0.25, -0.2) is 9.13 Å². The number of ether oxygens (including phenoxy) is 4. The summed E-state index contributed by atoms with van der Waals surface area (Å²) < 4.78 is 68.3. The highest BCUT2D eigenvalue weighted by Gasteiger charge is 2.30. The third-order valence-electron chi connectivity index (χ3n) is 16.7. The largest absolute Gasteiger partial charge is 0.472 e. The fraction of sp³-hybridized carbons (Fsp3) is 0.944. The van der Waals surface area contributed by atoms with Gasteiger partial charge in [0.1, 0.15) is 19.3 Å². The van der Waals surface area contributed by atoms with Crippen molar-refractivity contribution in [2.24, 2.45) is 11.8 Å². The van der Waals surface area contributed by atoms with E-state index in [2.05, 4.69) is 41.5 Å². The zero-order chi connectivity index (χ0) is 67.2. The van der Waals surface area contributed by atoms with E-state index in [0.29, 0.717) is 25.7 Å². The lowest BCUT2D eigenvalue weighted by Crippen LogP contribution is -2.30. The van der Waals surface area contributed by atoms with Gasteiger partial charge in [0.05, 0.1) is 26.4 Å². The maximum absolute atomic E-state index is 13.0. The van der Waals surface area contributed by atoms with Crippen LogP contribution in [0.3, 0.4) is 0 Å². The van der Waals surface area contributed by atoms with Crippen LogP contribution in [-0.4, -0.2) is 96.7 Å². The maximum atomic E-state index is 13.0. The Balaban J connectivity index is 5.22. The van der Waals surface area contributed by atoms with Crippen LogP contribution in [0.25, 0.3) is 0 Å². The number of hydrogen-bond acceptors (Lipinski definition) is 15. The average molecular weight is 1340 g/mol. The lowest BCUT2D eigenvalue weighted by molar-refractivity contribution is -0.161. The van der Waals surface area contributed by atoms with Gasteiger partial charge in [-0.2, -0.15) is 0 Å². The summed E-state index contributed by atoms with van der Waals surface area (Å²) in [4.78, 5) is 72.5. The molecule has 0 amide bonds. The second-order valence-corrected chi connectivity index (χ2v) is 29.8. The van der Waals surface area contributed by atoms with E-state index in [4.69, 9.17) is 37.0 Å². The van der Waals surface area contributed by atoms with E-state index < -0.39 is 97.5 Å². The first kappa shape index (κ1) is 89.1. The van der Waals surface area contributed by atoms with Gasteiger partial charge in [-0.05, 0) is 37.5 Å². The first-order valence-electron chi connectivity index (χ1n) is 37.5. The molecule has 0 spiro atoms. The van der Waals surface area contributed by atoms with Crippen LogP contribution in [0.4, 0.5) is 0 Å². The number of esters is 4. The van der Waals surface area contributed by atoms with Crippen LogP contribution in [0.15, 0.2) is 0 Å². The highest BCUT2D eigenvalue weighted by atomic mass is 31.2. The van der Waals surface area contributed by atoms with Crippen LogP contribution in [-0.2, 0) is 65.4 Å². The molecule has 0 aliphatic carbocycles. The number of carbonyl (C=O) groups is 4. The molecule has 0 saturated carbocycles. The van der Waals surface area contributed by atoms with Crippen LogP contribution in [0.1, 0.15) is 369 Å². The van der Waals surface area contributed by atoms with Crippen molar-refractivity contribution >= 4 is 39.5 Å². The monoisotopic (exact) mass is 1340 g/mol. The molecule has 5 atom stereocenters. The topological polar surface area (TPSA) is 237 Å². The normalized spacial score (nSPS) is 14.1. The molecule has 0 saturated heterocycles. The van der Waals surface area contributed by atoms with Gasteiger partial charge in [0, 0.05) is 25.7 Å². The summed E-state index contributed by atoms with van der Waals surface area (Å²) in [5.41, 5.74) is 0. The van der Waals surface area contributed by atoms with Crippen molar-refractivity contribution in [3.8, 4) is 0 Å². The summed E-state index contributed by atoms with van der Waals surface area (Å²) in [6.07, 6.45) is 49.9. The minimum absolute atomic E-state index is 0.107. The van der Waals surface area contributed by atoms with Crippen molar-refractivity contribution in [2.45, 2.75) is 387 Å². The predicted molar refractivity (Wildman–Crippen MR) is 368 cm³/mol. The van der Waals surface area contributed by atoms with Gasteiger partial charge in [0.25, 0.3) is 0 Å². The molecular formula is C72H140O17P2. The Morgan fingerprint density at radius 2 is 0.505 bits per heavy atom. The summed E-state index contributed by atoms with van der Waals surface area (Å²) >= 11 is 0. The smallest absolute Gasteiger partial charge is 0.462 e. The fourth-order valence-electron chi connectivity index (χ4n) is 10.9. The zero-order valence-corrected chi connectivity index (χ0v) is 60.9. The highest BCUT2D eigenvalue weighted by molar-refractivity contribution is 7.47. The van der Waals surface area contributed by atoms with Gasteiger partial charge in [-0.3, -0.25) is 37.3 Å². The third-order valence-corrected chi connectivity index (χ3v) is 18.6. The number of carbonyl (C=O) groups excluding carboxylic acids is 4. The molecule has 91 heavy (non-hydrogen) atoms. The molecule has 0 aliphatic rings. The predicted octanol–water partition coefficient (Wildman–Crippen LogP) is 20.8. The molecule has 0 aliphatic heterocycles. The number of hydrogen-bond donors (Lipinski definition) is 3. The minimum Gasteiger partial charge on any atom is -0.462 e. The van der Waals surface area contributed by atoms with Crippen LogP contribution in [0.2, 0.25) is 0 Å². The summed E-state index contributed by atoms with van der Waals surface area (Å²) in [6, 6.07) is 0. The summed E-state index contributed by atoms with van der Waals surface area (Å²) in [6.45, 7) is 9.57. The van der Waals surface area contributed by atoms with Gasteiger partial charge in [-0.15, -0.1) is 0 Å². The third kappa shape index (κ3) is 66.5. The van der Waals surface area contributed by atoms with Gasteiger partial charge in [0.15, 0.2) is 12.2 Å². The quantitative estimate of drug-likeness (QED) is 0.0222.